The Labute approximate surface area is 131 Å². The number of ether oxygens (including phenoxy) is 2. The van der Waals surface area contributed by atoms with Crippen molar-refractivity contribution in [1.29, 1.82) is 0 Å². The molecule has 0 aliphatic rings. The van der Waals surface area contributed by atoms with Crippen molar-refractivity contribution in [3.63, 3.8) is 0 Å². The Morgan fingerprint density at radius 1 is 1.14 bits per heavy atom. The van der Waals surface area contributed by atoms with Gasteiger partial charge in [-0.1, -0.05) is 0 Å². The van der Waals surface area contributed by atoms with Crippen LogP contribution in [-0.4, -0.2) is 34.4 Å². The first-order valence-electron chi connectivity index (χ1n) is 6.52. The first kappa shape index (κ1) is 14.3. The molecule has 0 radical (unpaired) electrons. The first-order valence-corrected chi connectivity index (χ1v) is 7.40. The molecule has 3 aromatic rings. The number of aromatic amines is 1. The number of nitrogens with zero attached hydrogens (tertiary/aromatic N) is 3. The highest BCUT2D eigenvalue weighted by Gasteiger charge is 2.11. The van der Waals surface area contributed by atoms with Gasteiger partial charge in [0.15, 0.2) is 11.0 Å². The monoisotopic (exact) mass is 317 g/mol. The second-order valence-corrected chi connectivity index (χ2v) is 5.45. The Hall–Kier alpha value is -2.61. The van der Waals surface area contributed by atoms with Crippen molar-refractivity contribution < 1.29 is 9.47 Å². The van der Waals surface area contributed by atoms with Gasteiger partial charge in [-0.3, -0.25) is 5.10 Å². The number of aromatic nitrogens is 4. The maximum absolute atomic E-state index is 5.63. The molecule has 0 aliphatic heterocycles. The zero-order valence-corrected chi connectivity index (χ0v) is 13.0. The molecule has 0 saturated carbocycles. The average molecular weight is 317 g/mol. The smallest absolute Gasteiger partial charge is 0.181 e. The number of hydrogen-bond donors (Lipinski definition) is 2. The first-order chi connectivity index (χ1) is 10.7. The van der Waals surface area contributed by atoms with Crippen LogP contribution in [0, 0.1) is 0 Å². The third-order valence-corrected chi connectivity index (χ3v) is 3.78. The predicted octanol–water partition coefficient (Wildman–Crippen LogP) is 2.12. The van der Waals surface area contributed by atoms with Gasteiger partial charge >= 0.3 is 0 Å². The van der Waals surface area contributed by atoms with E-state index in [0.29, 0.717) is 28.9 Å². The normalized spacial score (nSPS) is 10.6. The number of thiazole rings is 1. The van der Waals surface area contributed by atoms with Crippen LogP contribution in [0.3, 0.4) is 0 Å². The number of hydrogen-bond acceptors (Lipinski definition) is 7. The molecular formula is C14H15N5O2S. The second kappa shape index (κ2) is 6.02. The molecule has 2 heterocycles. The molecule has 1 aromatic carbocycles. The van der Waals surface area contributed by atoms with Gasteiger partial charge in [0, 0.05) is 17.0 Å². The quantitative estimate of drug-likeness (QED) is 0.748. The van der Waals surface area contributed by atoms with Gasteiger partial charge in [0.25, 0.3) is 0 Å². The third kappa shape index (κ3) is 3.01. The Balaban J connectivity index is 1.86. The Morgan fingerprint density at radius 2 is 1.86 bits per heavy atom. The van der Waals surface area contributed by atoms with Gasteiger partial charge < -0.3 is 15.2 Å². The summed E-state index contributed by atoms with van der Waals surface area (Å²) < 4.78 is 10.5. The standard InChI is InChI=1S/C14H15N5O2S/c1-20-10-3-8(4-11(6-10)21-2)13-17-12(18-19-13)5-9-7-22-14(15)16-9/h3-4,6-7H,5H2,1-2H3,(H2,15,16)(H,17,18,19). The molecule has 0 spiro atoms. The Bertz CT molecular complexity index is 761. The van der Waals surface area contributed by atoms with E-state index in [1.807, 2.05) is 17.5 Å². The SMILES string of the molecule is COc1cc(OC)cc(-c2n[nH]c(Cc3csc(N)n3)n2)c1. The summed E-state index contributed by atoms with van der Waals surface area (Å²) >= 11 is 1.41. The maximum Gasteiger partial charge on any atom is 0.181 e. The van der Waals surface area contributed by atoms with Crippen molar-refractivity contribution in [2.75, 3.05) is 20.0 Å². The van der Waals surface area contributed by atoms with Crippen LogP contribution in [0.1, 0.15) is 11.5 Å². The van der Waals surface area contributed by atoms with E-state index in [0.717, 1.165) is 17.1 Å². The van der Waals surface area contributed by atoms with Crippen molar-refractivity contribution in [1.82, 2.24) is 20.2 Å². The molecular weight excluding hydrogens is 302 g/mol. The summed E-state index contributed by atoms with van der Waals surface area (Å²) in [6, 6.07) is 5.52. The topological polar surface area (TPSA) is 98.9 Å². The maximum atomic E-state index is 5.63. The molecule has 0 saturated heterocycles. The summed E-state index contributed by atoms with van der Waals surface area (Å²) in [7, 11) is 3.21. The lowest BCUT2D eigenvalue weighted by Crippen LogP contribution is -1.92. The highest BCUT2D eigenvalue weighted by molar-refractivity contribution is 7.13. The van der Waals surface area contributed by atoms with E-state index >= 15 is 0 Å². The van der Waals surface area contributed by atoms with Crippen molar-refractivity contribution in [3.05, 3.63) is 35.1 Å². The molecule has 8 heteroatoms. The molecule has 0 unspecified atom stereocenters. The summed E-state index contributed by atoms with van der Waals surface area (Å²) in [5.74, 6) is 2.68. The van der Waals surface area contributed by atoms with Crippen molar-refractivity contribution in [3.8, 4) is 22.9 Å². The molecule has 0 aliphatic carbocycles. The average Bonchev–Trinajstić information content (AvgIpc) is 3.16. The molecule has 7 nitrogen and oxygen atoms in total. The van der Waals surface area contributed by atoms with E-state index in [9.17, 15) is 0 Å². The lowest BCUT2D eigenvalue weighted by molar-refractivity contribution is 0.394. The highest BCUT2D eigenvalue weighted by atomic mass is 32.1. The van der Waals surface area contributed by atoms with Gasteiger partial charge in [0.05, 0.1) is 26.3 Å². The molecule has 3 N–H and O–H groups in total. The third-order valence-electron chi connectivity index (χ3n) is 3.06. The summed E-state index contributed by atoms with van der Waals surface area (Å²) in [6.45, 7) is 0. The van der Waals surface area contributed by atoms with E-state index < -0.39 is 0 Å². The van der Waals surface area contributed by atoms with Crippen LogP contribution in [0.15, 0.2) is 23.6 Å². The van der Waals surface area contributed by atoms with E-state index in [4.69, 9.17) is 15.2 Å². The second-order valence-electron chi connectivity index (χ2n) is 4.56. The molecule has 0 atom stereocenters. The van der Waals surface area contributed by atoms with Crippen LogP contribution in [0.5, 0.6) is 11.5 Å². The number of methoxy groups -OCH3 is 2. The van der Waals surface area contributed by atoms with Crippen LogP contribution in [0.25, 0.3) is 11.4 Å². The molecule has 0 amide bonds. The van der Waals surface area contributed by atoms with Gasteiger partial charge in [-0.15, -0.1) is 11.3 Å². The molecule has 114 valence electrons. The minimum Gasteiger partial charge on any atom is -0.497 e. The fourth-order valence-corrected chi connectivity index (χ4v) is 2.58. The van der Waals surface area contributed by atoms with Crippen LogP contribution in [-0.2, 0) is 6.42 Å². The van der Waals surface area contributed by atoms with Gasteiger partial charge in [0.2, 0.25) is 0 Å². The number of H-pyrrole nitrogens is 1. The van der Waals surface area contributed by atoms with Crippen molar-refractivity contribution >= 4 is 16.5 Å². The molecule has 0 fully saturated rings. The van der Waals surface area contributed by atoms with Crippen LogP contribution in [0.4, 0.5) is 5.13 Å². The predicted molar refractivity (Wildman–Crippen MR) is 84.3 cm³/mol. The number of anilines is 1. The summed E-state index contributed by atoms with van der Waals surface area (Å²) in [4.78, 5) is 8.69. The lowest BCUT2D eigenvalue weighted by Gasteiger charge is -2.05. The zero-order chi connectivity index (χ0) is 15.5. The van der Waals surface area contributed by atoms with Gasteiger partial charge in [0.1, 0.15) is 17.3 Å². The van der Waals surface area contributed by atoms with Crippen LogP contribution < -0.4 is 15.2 Å². The largest absolute Gasteiger partial charge is 0.497 e. The lowest BCUT2D eigenvalue weighted by atomic mass is 10.2. The minimum atomic E-state index is 0.548. The van der Waals surface area contributed by atoms with Crippen molar-refractivity contribution in [2.45, 2.75) is 6.42 Å². The molecule has 3 rings (SSSR count). The van der Waals surface area contributed by atoms with Gasteiger partial charge in [-0.05, 0) is 12.1 Å². The molecule has 2 aromatic heterocycles. The number of rotatable bonds is 5. The number of nitrogens with two attached hydrogens (primary N) is 1. The van der Waals surface area contributed by atoms with Crippen molar-refractivity contribution in [2.24, 2.45) is 0 Å². The summed E-state index contributed by atoms with van der Waals surface area (Å²) in [5.41, 5.74) is 7.31. The minimum absolute atomic E-state index is 0.548. The van der Waals surface area contributed by atoms with Gasteiger partial charge in [-0.25, -0.2) is 9.97 Å². The van der Waals surface area contributed by atoms with E-state index in [-0.39, 0.29) is 0 Å². The van der Waals surface area contributed by atoms with Gasteiger partial charge in [-0.2, -0.15) is 5.10 Å². The number of nitrogen functional groups attached to an aromatic ring is 1. The zero-order valence-electron chi connectivity index (χ0n) is 12.2. The molecule has 22 heavy (non-hydrogen) atoms. The van der Waals surface area contributed by atoms with Crippen LogP contribution >= 0.6 is 11.3 Å². The Kier molecular flexibility index (Phi) is 3.92. The highest BCUT2D eigenvalue weighted by Crippen LogP contribution is 2.28. The molecule has 0 bridgehead atoms. The van der Waals surface area contributed by atoms with E-state index in [1.165, 1.54) is 11.3 Å². The Morgan fingerprint density at radius 3 is 2.45 bits per heavy atom. The van der Waals surface area contributed by atoms with E-state index in [2.05, 4.69) is 20.2 Å². The summed E-state index contributed by atoms with van der Waals surface area (Å²) in [6.07, 6.45) is 0.557. The fraction of sp³-hybridized carbons (Fsp3) is 0.214. The van der Waals surface area contributed by atoms with E-state index in [1.54, 1.807) is 20.3 Å². The fourth-order valence-electron chi connectivity index (χ4n) is 2.02. The van der Waals surface area contributed by atoms with Crippen LogP contribution in [0.2, 0.25) is 0 Å². The summed E-state index contributed by atoms with van der Waals surface area (Å²) in [5, 5.41) is 9.61. The number of nitrogens with one attached hydrogen (secondary N) is 1. The number of benzene rings is 1.